The van der Waals surface area contributed by atoms with E-state index in [2.05, 4.69) is 24.1 Å². The van der Waals surface area contributed by atoms with E-state index in [1.165, 1.54) is 45.2 Å². The molecule has 4 atom stereocenters. The van der Waals surface area contributed by atoms with Gasteiger partial charge in [-0.15, -0.1) is 0 Å². The maximum atomic E-state index is 9.43. The van der Waals surface area contributed by atoms with Crippen molar-refractivity contribution in [2.75, 3.05) is 26.2 Å². The molecule has 0 spiro atoms. The van der Waals surface area contributed by atoms with E-state index in [0.717, 1.165) is 18.4 Å². The van der Waals surface area contributed by atoms with E-state index in [4.69, 9.17) is 0 Å². The molecule has 2 aliphatic rings. The first-order valence-corrected chi connectivity index (χ1v) is 7.82. The lowest BCUT2D eigenvalue weighted by atomic mass is 9.78. The van der Waals surface area contributed by atoms with Crippen molar-refractivity contribution in [2.45, 2.75) is 58.0 Å². The first kappa shape index (κ1) is 14.3. The normalized spacial score (nSPS) is 38.2. The number of nitrogens with zero attached hydrogens (tertiary/aromatic N) is 1. The smallest absolute Gasteiger partial charge is 0.0586 e. The summed E-state index contributed by atoms with van der Waals surface area (Å²) in [5.41, 5.74) is 0. The predicted octanol–water partition coefficient (Wildman–Crippen LogP) is 1.86. The summed E-state index contributed by atoms with van der Waals surface area (Å²) in [7, 11) is 0. The molecule has 3 heteroatoms. The molecule has 0 aromatic rings. The van der Waals surface area contributed by atoms with E-state index < -0.39 is 0 Å². The minimum absolute atomic E-state index is 0.341. The quantitative estimate of drug-likeness (QED) is 0.786. The van der Waals surface area contributed by atoms with E-state index in [-0.39, 0.29) is 0 Å². The summed E-state index contributed by atoms with van der Waals surface area (Å²) < 4.78 is 0. The van der Waals surface area contributed by atoms with Crippen LogP contribution in [-0.4, -0.2) is 48.3 Å². The molecule has 4 unspecified atom stereocenters. The zero-order valence-electron chi connectivity index (χ0n) is 12.1. The lowest BCUT2D eigenvalue weighted by Crippen LogP contribution is -2.47. The van der Waals surface area contributed by atoms with Crippen molar-refractivity contribution in [3.05, 3.63) is 0 Å². The molecule has 106 valence electrons. The fraction of sp³-hybridized carbons (Fsp3) is 1.00. The Morgan fingerprint density at radius 1 is 1.28 bits per heavy atom. The third-order valence-electron chi connectivity index (χ3n) is 4.89. The average Bonchev–Trinajstić information content (AvgIpc) is 2.80. The summed E-state index contributed by atoms with van der Waals surface area (Å²) in [4.78, 5) is 2.53. The first-order chi connectivity index (χ1) is 8.74. The Morgan fingerprint density at radius 2 is 2.11 bits per heavy atom. The summed E-state index contributed by atoms with van der Waals surface area (Å²) in [6.07, 6.45) is 6.51. The number of hydrogen-bond acceptors (Lipinski definition) is 3. The highest BCUT2D eigenvalue weighted by molar-refractivity contribution is 4.88. The van der Waals surface area contributed by atoms with Gasteiger partial charge < -0.3 is 10.4 Å². The second-order valence-corrected chi connectivity index (χ2v) is 6.32. The van der Waals surface area contributed by atoms with Gasteiger partial charge in [0, 0.05) is 18.6 Å². The van der Waals surface area contributed by atoms with E-state index in [1.54, 1.807) is 0 Å². The van der Waals surface area contributed by atoms with Crippen molar-refractivity contribution in [3.8, 4) is 0 Å². The van der Waals surface area contributed by atoms with Gasteiger partial charge in [0.15, 0.2) is 0 Å². The summed E-state index contributed by atoms with van der Waals surface area (Å²) in [5, 5.41) is 13.1. The van der Waals surface area contributed by atoms with Gasteiger partial charge in [-0.1, -0.05) is 13.8 Å². The van der Waals surface area contributed by atoms with E-state index in [0.29, 0.717) is 18.7 Å². The molecule has 1 aliphatic carbocycles. The second-order valence-electron chi connectivity index (χ2n) is 6.32. The van der Waals surface area contributed by atoms with Crippen molar-refractivity contribution in [2.24, 2.45) is 11.8 Å². The molecule has 0 amide bonds. The average molecular weight is 254 g/mol. The van der Waals surface area contributed by atoms with Gasteiger partial charge in [0.05, 0.1) is 6.61 Å². The Bertz CT molecular complexity index is 247. The van der Waals surface area contributed by atoms with Crippen LogP contribution < -0.4 is 5.32 Å². The van der Waals surface area contributed by atoms with Crippen LogP contribution in [0.1, 0.15) is 46.0 Å². The Labute approximate surface area is 112 Å². The zero-order chi connectivity index (χ0) is 13.0. The maximum Gasteiger partial charge on any atom is 0.0586 e. The molecular formula is C15H30N2O. The number of aliphatic hydroxyl groups excluding tert-OH is 1. The van der Waals surface area contributed by atoms with Crippen LogP contribution in [0.3, 0.4) is 0 Å². The maximum absolute atomic E-state index is 9.43. The minimum Gasteiger partial charge on any atom is -0.395 e. The highest BCUT2D eigenvalue weighted by Crippen LogP contribution is 2.31. The summed E-state index contributed by atoms with van der Waals surface area (Å²) >= 11 is 0. The number of nitrogens with one attached hydrogen (secondary N) is 1. The van der Waals surface area contributed by atoms with Crippen molar-refractivity contribution in [1.29, 1.82) is 0 Å². The summed E-state index contributed by atoms with van der Waals surface area (Å²) in [5.74, 6) is 1.65. The molecule has 2 rings (SSSR count). The van der Waals surface area contributed by atoms with Gasteiger partial charge in [-0.05, 0) is 57.0 Å². The number of rotatable bonds is 5. The predicted molar refractivity (Wildman–Crippen MR) is 75.7 cm³/mol. The van der Waals surface area contributed by atoms with Crippen LogP contribution >= 0.6 is 0 Å². The SMILES string of the molecule is CCNC1CCC(C)CC1CN1CCCC1CO. The Kier molecular flexibility index (Phi) is 5.46. The van der Waals surface area contributed by atoms with Gasteiger partial charge in [-0.3, -0.25) is 4.90 Å². The largest absolute Gasteiger partial charge is 0.395 e. The van der Waals surface area contributed by atoms with Crippen LogP contribution in [0.25, 0.3) is 0 Å². The summed E-state index contributed by atoms with van der Waals surface area (Å²) in [6, 6.07) is 1.13. The topological polar surface area (TPSA) is 35.5 Å². The standard InChI is InChI=1S/C15H30N2O/c1-3-16-15-7-6-12(2)9-13(15)10-17-8-4-5-14(17)11-18/h12-16,18H,3-11H2,1-2H3. The van der Waals surface area contributed by atoms with Crippen molar-refractivity contribution >= 4 is 0 Å². The molecule has 0 radical (unpaired) electrons. The molecule has 18 heavy (non-hydrogen) atoms. The Hall–Kier alpha value is -0.120. The fourth-order valence-corrected chi connectivity index (χ4v) is 3.87. The number of likely N-dealkylation sites (tertiary alicyclic amines) is 1. The molecule has 0 aromatic carbocycles. The Balaban J connectivity index is 1.91. The number of hydrogen-bond donors (Lipinski definition) is 2. The lowest BCUT2D eigenvalue weighted by Gasteiger charge is -2.38. The molecule has 1 saturated heterocycles. The van der Waals surface area contributed by atoms with Gasteiger partial charge in [0.2, 0.25) is 0 Å². The third kappa shape index (κ3) is 3.46. The monoisotopic (exact) mass is 254 g/mol. The van der Waals surface area contributed by atoms with Crippen molar-refractivity contribution in [3.63, 3.8) is 0 Å². The fourth-order valence-electron chi connectivity index (χ4n) is 3.87. The van der Waals surface area contributed by atoms with Gasteiger partial charge in [0.25, 0.3) is 0 Å². The molecule has 0 bridgehead atoms. The highest BCUT2D eigenvalue weighted by atomic mass is 16.3. The highest BCUT2D eigenvalue weighted by Gasteiger charge is 2.32. The van der Waals surface area contributed by atoms with Crippen LogP contribution in [0.5, 0.6) is 0 Å². The lowest BCUT2D eigenvalue weighted by molar-refractivity contribution is 0.107. The molecule has 2 fully saturated rings. The third-order valence-corrected chi connectivity index (χ3v) is 4.89. The van der Waals surface area contributed by atoms with E-state index in [9.17, 15) is 5.11 Å². The van der Waals surface area contributed by atoms with Crippen LogP contribution in [0.15, 0.2) is 0 Å². The molecular weight excluding hydrogens is 224 g/mol. The minimum atomic E-state index is 0.341. The van der Waals surface area contributed by atoms with Crippen LogP contribution in [-0.2, 0) is 0 Å². The summed E-state index contributed by atoms with van der Waals surface area (Å²) in [6.45, 7) is 8.40. The van der Waals surface area contributed by atoms with Gasteiger partial charge in [-0.2, -0.15) is 0 Å². The molecule has 1 saturated carbocycles. The molecule has 3 nitrogen and oxygen atoms in total. The molecule has 2 N–H and O–H groups in total. The van der Waals surface area contributed by atoms with Gasteiger partial charge >= 0.3 is 0 Å². The molecule has 1 heterocycles. The Morgan fingerprint density at radius 3 is 2.83 bits per heavy atom. The number of aliphatic hydroxyl groups is 1. The van der Waals surface area contributed by atoms with Crippen LogP contribution in [0.2, 0.25) is 0 Å². The molecule has 1 aliphatic heterocycles. The van der Waals surface area contributed by atoms with Crippen LogP contribution in [0, 0.1) is 11.8 Å². The molecule has 0 aromatic heterocycles. The van der Waals surface area contributed by atoms with E-state index in [1.807, 2.05) is 0 Å². The first-order valence-electron chi connectivity index (χ1n) is 7.82. The van der Waals surface area contributed by atoms with E-state index >= 15 is 0 Å². The zero-order valence-corrected chi connectivity index (χ0v) is 12.1. The van der Waals surface area contributed by atoms with Crippen molar-refractivity contribution < 1.29 is 5.11 Å². The van der Waals surface area contributed by atoms with Gasteiger partial charge in [0.1, 0.15) is 0 Å². The van der Waals surface area contributed by atoms with Crippen LogP contribution in [0.4, 0.5) is 0 Å². The van der Waals surface area contributed by atoms with Crippen molar-refractivity contribution in [1.82, 2.24) is 10.2 Å². The second kappa shape index (κ2) is 6.88. The van der Waals surface area contributed by atoms with Gasteiger partial charge in [-0.25, -0.2) is 0 Å².